The van der Waals surface area contributed by atoms with Crippen LogP contribution in [0.25, 0.3) is 0 Å². The highest BCUT2D eigenvalue weighted by Gasteiger charge is 2.41. The normalized spacial score (nSPS) is 22.7. The third-order valence-corrected chi connectivity index (χ3v) is 6.01. The quantitative estimate of drug-likeness (QED) is 0.667. The predicted octanol–water partition coefficient (Wildman–Crippen LogP) is 4.44. The lowest BCUT2D eigenvalue weighted by molar-refractivity contribution is -0.138. The molecule has 1 heterocycles. The van der Waals surface area contributed by atoms with Crippen molar-refractivity contribution in [3.63, 3.8) is 0 Å². The molecule has 0 amide bonds. The number of rotatable bonds is 3. The van der Waals surface area contributed by atoms with Gasteiger partial charge in [0.1, 0.15) is 6.54 Å². The van der Waals surface area contributed by atoms with Crippen LogP contribution in [0.4, 0.5) is 18.9 Å². The van der Waals surface area contributed by atoms with Crippen LogP contribution in [0.5, 0.6) is 0 Å². The van der Waals surface area contributed by atoms with Crippen LogP contribution in [0.15, 0.2) is 12.1 Å². The van der Waals surface area contributed by atoms with E-state index in [4.69, 9.17) is 28.3 Å². The highest BCUT2D eigenvalue weighted by Crippen LogP contribution is 2.56. The first kappa shape index (κ1) is 20.4. The van der Waals surface area contributed by atoms with Crippen molar-refractivity contribution in [2.24, 2.45) is 5.92 Å². The summed E-state index contributed by atoms with van der Waals surface area (Å²) in [5.41, 5.74) is -1.26. The second kappa shape index (κ2) is 7.01. The van der Waals surface area contributed by atoms with Crippen LogP contribution < -0.4 is 4.31 Å². The van der Waals surface area contributed by atoms with Gasteiger partial charge < -0.3 is 5.11 Å². The molecule has 1 saturated heterocycles. The zero-order chi connectivity index (χ0) is 19.2. The molecule has 1 atom stereocenters. The Morgan fingerprint density at radius 3 is 2.24 bits per heavy atom. The Balaban J connectivity index is 2.50. The van der Waals surface area contributed by atoms with Crippen LogP contribution in [-0.4, -0.2) is 44.1 Å². The minimum Gasteiger partial charge on any atom is -0.480 e. The standard InChI is InChI=1S/C13H15Cl2F3N2O4S/c1-7-4-19(6-11(21)22)25(23,24)20(5-7)12-9(14)2-8(3-10(12)15)13(16,17)18/h2-3,7,23-24H,4-6H2,1H3,(H,21,22). The van der Waals surface area contributed by atoms with Crippen LogP contribution in [0, 0.1) is 5.92 Å². The maximum atomic E-state index is 12.8. The number of anilines is 1. The molecule has 1 unspecified atom stereocenters. The number of carbonyl (C=O) groups is 1. The molecule has 1 fully saturated rings. The second-order valence-corrected chi connectivity index (χ2v) is 8.41. The Kier molecular flexibility index (Phi) is 5.72. The molecule has 142 valence electrons. The van der Waals surface area contributed by atoms with Crippen LogP contribution in [0.1, 0.15) is 12.5 Å². The SMILES string of the molecule is CC1CN(CC(=O)O)S(O)(O)N(c2c(Cl)cc(C(F)(F)F)cc2Cl)C1. The lowest BCUT2D eigenvalue weighted by Gasteiger charge is -2.55. The van der Waals surface area contributed by atoms with E-state index >= 15 is 0 Å². The van der Waals surface area contributed by atoms with Gasteiger partial charge in [-0.1, -0.05) is 30.1 Å². The van der Waals surface area contributed by atoms with Crippen molar-refractivity contribution in [1.29, 1.82) is 0 Å². The van der Waals surface area contributed by atoms with Crippen LogP contribution in [0.3, 0.4) is 0 Å². The Bertz CT molecular complexity index is 667. The van der Waals surface area contributed by atoms with Crippen LogP contribution >= 0.6 is 34.2 Å². The lowest BCUT2D eigenvalue weighted by Crippen LogP contribution is -2.51. The van der Waals surface area contributed by atoms with Gasteiger partial charge in [-0.25, -0.2) is 0 Å². The number of benzene rings is 1. The van der Waals surface area contributed by atoms with Crippen molar-refractivity contribution in [3.05, 3.63) is 27.7 Å². The number of carboxylic acids is 1. The molecular formula is C13H15Cl2F3N2O4S. The summed E-state index contributed by atoms with van der Waals surface area (Å²) in [6, 6.07) is 1.28. The topological polar surface area (TPSA) is 84.2 Å². The van der Waals surface area contributed by atoms with E-state index in [1.165, 1.54) is 0 Å². The summed E-state index contributed by atoms with van der Waals surface area (Å²) in [5, 5.41) is 8.10. The molecular weight excluding hydrogens is 408 g/mol. The van der Waals surface area contributed by atoms with Gasteiger partial charge >= 0.3 is 12.1 Å². The van der Waals surface area contributed by atoms with Gasteiger partial charge in [0.05, 0.1) is 21.3 Å². The van der Waals surface area contributed by atoms with Gasteiger partial charge in [-0.15, -0.1) is 0 Å². The van der Waals surface area contributed by atoms with Gasteiger partial charge in [0, 0.05) is 13.1 Å². The number of aliphatic carboxylic acids is 1. The molecule has 1 aliphatic rings. The Labute approximate surface area is 153 Å². The summed E-state index contributed by atoms with van der Waals surface area (Å²) >= 11 is 11.9. The molecule has 0 saturated carbocycles. The van der Waals surface area contributed by atoms with Gasteiger partial charge in [-0.05, 0) is 29.0 Å². The average Bonchev–Trinajstić information content (AvgIpc) is 2.41. The van der Waals surface area contributed by atoms with Gasteiger partial charge in [0.25, 0.3) is 0 Å². The Morgan fingerprint density at radius 2 is 1.80 bits per heavy atom. The minimum atomic E-state index is -4.67. The fourth-order valence-electron chi connectivity index (χ4n) is 2.51. The summed E-state index contributed by atoms with van der Waals surface area (Å²) in [6.45, 7) is 1.19. The highest BCUT2D eigenvalue weighted by atomic mass is 35.5. The number of alkyl halides is 3. The molecule has 1 aromatic carbocycles. The van der Waals surface area contributed by atoms with E-state index in [9.17, 15) is 27.1 Å². The zero-order valence-electron chi connectivity index (χ0n) is 12.8. The summed E-state index contributed by atoms with van der Waals surface area (Å²) in [7, 11) is -3.80. The molecule has 12 heteroatoms. The molecule has 1 aromatic rings. The van der Waals surface area contributed by atoms with Crippen LogP contribution in [0.2, 0.25) is 10.0 Å². The van der Waals surface area contributed by atoms with Crippen molar-refractivity contribution in [2.75, 3.05) is 23.9 Å². The largest absolute Gasteiger partial charge is 0.480 e. The molecule has 2 rings (SSSR count). The minimum absolute atomic E-state index is 0.0310. The van der Waals surface area contributed by atoms with Crippen molar-refractivity contribution in [2.45, 2.75) is 13.1 Å². The van der Waals surface area contributed by atoms with Gasteiger partial charge in [-0.2, -0.15) is 17.5 Å². The maximum Gasteiger partial charge on any atom is 0.416 e. The average molecular weight is 423 g/mol. The predicted molar refractivity (Wildman–Crippen MR) is 90.0 cm³/mol. The highest BCUT2D eigenvalue weighted by molar-refractivity contribution is 8.23. The molecule has 0 spiro atoms. The first-order chi connectivity index (χ1) is 11.3. The van der Waals surface area contributed by atoms with Crippen molar-refractivity contribution in [3.8, 4) is 0 Å². The first-order valence-corrected chi connectivity index (χ1v) is 9.14. The smallest absolute Gasteiger partial charge is 0.416 e. The number of carboxylic acid groups (broad SMARTS) is 1. The molecule has 0 bridgehead atoms. The molecule has 0 aromatic heterocycles. The monoisotopic (exact) mass is 422 g/mol. The van der Waals surface area contributed by atoms with Crippen LogP contribution in [-0.2, 0) is 11.0 Å². The molecule has 1 aliphatic heterocycles. The molecule has 6 nitrogen and oxygen atoms in total. The van der Waals surface area contributed by atoms with Gasteiger partial charge in [-0.3, -0.25) is 18.2 Å². The lowest BCUT2D eigenvalue weighted by atomic mass is 10.1. The van der Waals surface area contributed by atoms with E-state index in [0.29, 0.717) is 12.1 Å². The second-order valence-electron chi connectivity index (χ2n) is 5.66. The van der Waals surface area contributed by atoms with E-state index in [1.54, 1.807) is 6.92 Å². The molecule has 3 N–H and O–H groups in total. The summed E-state index contributed by atoms with van der Waals surface area (Å²) < 4.78 is 61.4. The fourth-order valence-corrected chi connectivity index (χ4v) is 5.22. The summed E-state index contributed by atoms with van der Waals surface area (Å²) in [5.74, 6) is -1.49. The van der Waals surface area contributed by atoms with E-state index in [0.717, 1.165) is 8.61 Å². The first-order valence-electron chi connectivity index (χ1n) is 6.93. The number of halogens is 5. The van der Waals surface area contributed by atoms with Gasteiger partial charge in [0.15, 0.2) is 0 Å². The van der Waals surface area contributed by atoms with Crippen molar-refractivity contribution in [1.82, 2.24) is 4.31 Å². The number of hydrogen-bond acceptors (Lipinski definition) is 5. The van der Waals surface area contributed by atoms with Crippen molar-refractivity contribution >= 4 is 45.8 Å². The third-order valence-electron chi connectivity index (χ3n) is 3.54. The molecule has 0 radical (unpaired) electrons. The fraction of sp³-hybridized carbons (Fsp3) is 0.462. The van der Waals surface area contributed by atoms with Gasteiger partial charge in [0.2, 0.25) is 0 Å². The number of nitrogens with zero attached hydrogens (tertiary/aromatic N) is 2. The van der Waals surface area contributed by atoms with E-state index in [1.807, 2.05) is 0 Å². The van der Waals surface area contributed by atoms with E-state index < -0.39 is 45.3 Å². The number of hydrogen-bond donors (Lipinski definition) is 3. The Hall–Kier alpha value is -0.910. The van der Waals surface area contributed by atoms with Crippen molar-refractivity contribution < 1.29 is 32.2 Å². The maximum absolute atomic E-state index is 12.8. The zero-order valence-corrected chi connectivity index (χ0v) is 15.1. The third kappa shape index (κ3) is 4.26. The van der Waals surface area contributed by atoms with E-state index in [2.05, 4.69) is 0 Å². The summed E-state index contributed by atoms with van der Waals surface area (Å²) in [6.07, 6.45) is -4.67. The molecule has 25 heavy (non-hydrogen) atoms. The summed E-state index contributed by atoms with van der Waals surface area (Å²) in [4.78, 5) is 10.9. The van der Waals surface area contributed by atoms with E-state index in [-0.39, 0.29) is 24.7 Å². The molecule has 0 aliphatic carbocycles. The Morgan fingerprint density at radius 1 is 1.28 bits per heavy atom.